The molecule has 1 saturated heterocycles. The Balaban J connectivity index is 1.64. The molecule has 0 bridgehead atoms. The lowest BCUT2D eigenvalue weighted by molar-refractivity contribution is -0.149. The van der Waals surface area contributed by atoms with Gasteiger partial charge < -0.3 is 14.8 Å². The number of hydrogen-bond acceptors (Lipinski definition) is 5. The number of amides is 3. The van der Waals surface area contributed by atoms with Crippen LogP contribution in [0.5, 0.6) is 5.75 Å². The fraction of sp³-hybridized carbons (Fsp3) is 0.526. The number of nitrogens with zero attached hydrogens (tertiary/aromatic N) is 1. The van der Waals surface area contributed by atoms with E-state index < -0.39 is 24.1 Å². The lowest BCUT2D eigenvalue weighted by atomic mass is 9.73. The molecule has 8 heteroatoms. The molecule has 2 aliphatic rings. The molecule has 1 aliphatic heterocycles. The third-order valence-corrected chi connectivity index (χ3v) is 5.65. The number of methoxy groups -OCH3 is 1. The quantitative estimate of drug-likeness (QED) is 0.613. The van der Waals surface area contributed by atoms with E-state index in [9.17, 15) is 14.4 Å². The highest BCUT2D eigenvalue weighted by atomic mass is 35.5. The van der Waals surface area contributed by atoms with Gasteiger partial charge in [0.1, 0.15) is 24.4 Å². The minimum Gasteiger partial charge on any atom is -0.496 e. The van der Waals surface area contributed by atoms with E-state index in [-0.39, 0.29) is 18.4 Å². The van der Waals surface area contributed by atoms with Gasteiger partial charge in [-0.25, -0.2) is 4.79 Å². The molecule has 2 atom stereocenters. The summed E-state index contributed by atoms with van der Waals surface area (Å²) in [4.78, 5) is 38.4. The van der Waals surface area contributed by atoms with Crippen LogP contribution < -0.4 is 10.1 Å². The number of carbonyl (C=O) groups is 3. The first-order valence-corrected chi connectivity index (χ1v) is 9.37. The number of benzene rings is 1. The van der Waals surface area contributed by atoms with Gasteiger partial charge in [0.25, 0.3) is 5.91 Å². The fourth-order valence-corrected chi connectivity index (χ4v) is 4.03. The molecule has 27 heavy (non-hydrogen) atoms. The Kier molecular flexibility index (Phi) is 5.60. The van der Waals surface area contributed by atoms with Gasteiger partial charge in [0.05, 0.1) is 7.11 Å². The maximum Gasteiger partial charge on any atom is 0.326 e. The Morgan fingerprint density at radius 2 is 2.15 bits per heavy atom. The Hall–Kier alpha value is -2.28. The van der Waals surface area contributed by atoms with E-state index in [2.05, 4.69) is 5.32 Å². The van der Waals surface area contributed by atoms with E-state index in [1.54, 1.807) is 18.2 Å². The first kappa shape index (κ1) is 19.5. The summed E-state index contributed by atoms with van der Waals surface area (Å²) < 4.78 is 10.4. The third kappa shape index (κ3) is 3.74. The Bertz CT molecular complexity index is 768. The number of ether oxygens (including phenoxy) is 2. The lowest BCUT2D eigenvalue weighted by Gasteiger charge is -2.36. The Morgan fingerprint density at radius 1 is 1.37 bits per heavy atom. The van der Waals surface area contributed by atoms with Crippen molar-refractivity contribution in [3.63, 3.8) is 0 Å². The van der Waals surface area contributed by atoms with Crippen molar-refractivity contribution in [2.24, 2.45) is 5.92 Å². The Morgan fingerprint density at radius 3 is 2.85 bits per heavy atom. The molecule has 7 nitrogen and oxygen atoms in total. The van der Waals surface area contributed by atoms with Gasteiger partial charge in [-0.2, -0.15) is 0 Å². The largest absolute Gasteiger partial charge is 0.496 e. The van der Waals surface area contributed by atoms with Gasteiger partial charge >= 0.3 is 12.0 Å². The van der Waals surface area contributed by atoms with E-state index >= 15 is 0 Å². The highest BCUT2D eigenvalue weighted by Gasteiger charge is 2.55. The van der Waals surface area contributed by atoms with Crippen LogP contribution in [-0.2, 0) is 20.9 Å². The Labute approximate surface area is 162 Å². The molecule has 1 aliphatic carbocycles. The van der Waals surface area contributed by atoms with Crippen LogP contribution in [0.3, 0.4) is 0 Å². The molecule has 0 radical (unpaired) electrons. The minimum absolute atomic E-state index is 0.0412. The first-order valence-electron chi connectivity index (χ1n) is 8.99. The second kappa shape index (κ2) is 7.76. The summed E-state index contributed by atoms with van der Waals surface area (Å²) in [6, 6.07) is 4.45. The summed E-state index contributed by atoms with van der Waals surface area (Å²) in [6.45, 7) is 1.49. The van der Waals surface area contributed by atoms with E-state index in [1.165, 1.54) is 7.11 Å². The molecule has 3 amide bonds. The molecule has 3 rings (SSSR count). The van der Waals surface area contributed by atoms with Crippen molar-refractivity contribution in [2.75, 3.05) is 13.7 Å². The van der Waals surface area contributed by atoms with Crippen LogP contribution in [0.15, 0.2) is 18.2 Å². The number of nitrogens with one attached hydrogen (secondary N) is 1. The van der Waals surface area contributed by atoms with Crippen LogP contribution in [0.4, 0.5) is 4.79 Å². The molecule has 0 unspecified atom stereocenters. The summed E-state index contributed by atoms with van der Waals surface area (Å²) in [5.41, 5.74) is -0.279. The zero-order valence-electron chi connectivity index (χ0n) is 15.4. The van der Waals surface area contributed by atoms with Crippen molar-refractivity contribution in [3.05, 3.63) is 28.8 Å². The summed E-state index contributed by atoms with van der Waals surface area (Å²) >= 11 is 5.96. The van der Waals surface area contributed by atoms with Crippen molar-refractivity contribution in [1.82, 2.24) is 10.2 Å². The van der Waals surface area contributed by atoms with E-state index in [1.807, 2.05) is 6.92 Å². The average Bonchev–Trinajstić information content (AvgIpc) is 2.87. The number of halogens is 1. The highest BCUT2D eigenvalue weighted by Crippen LogP contribution is 2.38. The second-order valence-electron chi connectivity index (χ2n) is 7.06. The molecule has 1 aromatic carbocycles. The number of urea groups is 1. The number of rotatable bonds is 5. The van der Waals surface area contributed by atoms with E-state index in [4.69, 9.17) is 21.1 Å². The van der Waals surface area contributed by atoms with Gasteiger partial charge in [0.2, 0.25) is 0 Å². The third-order valence-electron chi connectivity index (χ3n) is 5.42. The summed E-state index contributed by atoms with van der Waals surface area (Å²) in [7, 11) is 1.51. The predicted molar refractivity (Wildman–Crippen MR) is 98.4 cm³/mol. The lowest BCUT2D eigenvalue weighted by Crippen LogP contribution is -2.54. The van der Waals surface area contributed by atoms with Crippen molar-refractivity contribution < 1.29 is 23.9 Å². The second-order valence-corrected chi connectivity index (χ2v) is 7.49. The average molecular weight is 395 g/mol. The van der Waals surface area contributed by atoms with Crippen molar-refractivity contribution >= 4 is 29.5 Å². The minimum atomic E-state index is -0.883. The fourth-order valence-electron chi connectivity index (χ4n) is 3.83. The molecule has 1 spiro atoms. The molecule has 1 aromatic rings. The molecule has 2 fully saturated rings. The van der Waals surface area contributed by atoms with Gasteiger partial charge in [0.15, 0.2) is 0 Å². The number of esters is 1. The number of imide groups is 1. The molecule has 0 aromatic heterocycles. The number of carbonyl (C=O) groups excluding carboxylic acids is 3. The molecule has 146 valence electrons. The molecule has 1 heterocycles. The van der Waals surface area contributed by atoms with Crippen molar-refractivity contribution in [2.45, 2.75) is 44.8 Å². The predicted octanol–water partition coefficient (Wildman–Crippen LogP) is 2.89. The zero-order chi connectivity index (χ0) is 19.6. The maximum atomic E-state index is 12.9. The van der Waals surface area contributed by atoms with Crippen LogP contribution in [0, 0.1) is 5.92 Å². The van der Waals surface area contributed by atoms with Gasteiger partial charge in [-0.05, 0) is 37.0 Å². The summed E-state index contributed by atoms with van der Waals surface area (Å²) in [5.74, 6) is -0.422. The zero-order valence-corrected chi connectivity index (χ0v) is 16.2. The van der Waals surface area contributed by atoms with E-state index in [0.29, 0.717) is 22.8 Å². The monoisotopic (exact) mass is 394 g/mol. The maximum absolute atomic E-state index is 12.9. The highest BCUT2D eigenvalue weighted by molar-refractivity contribution is 6.30. The van der Waals surface area contributed by atoms with Crippen LogP contribution >= 0.6 is 11.6 Å². The summed E-state index contributed by atoms with van der Waals surface area (Å²) in [6.07, 6.45) is 3.39. The van der Waals surface area contributed by atoms with Crippen molar-refractivity contribution in [1.29, 1.82) is 0 Å². The van der Waals surface area contributed by atoms with Gasteiger partial charge in [-0.15, -0.1) is 0 Å². The van der Waals surface area contributed by atoms with Gasteiger partial charge in [-0.3, -0.25) is 14.5 Å². The van der Waals surface area contributed by atoms with Crippen LogP contribution in [0.1, 0.15) is 38.2 Å². The molecular formula is C19H23ClN2O5. The van der Waals surface area contributed by atoms with Crippen LogP contribution in [-0.4, -0.2) is 42.0 Å². The summed E-state index contributed by atoms with van der Waals surface area (Å²) in [5, 5.41) is 3.31. The standard InChI is InChI=1S/C19H23ClN2O5/c1-12-5-3-4-8-19(12)17(24)22(18(25)21-19)10-16(23)27-11-13-9-14(20)6-7-15(13)26-2/h6-7,9,12H,3-5,8,10-11H2,1-2H3,(H,21,25)/t12-,19-/m1/s1. The topological polar surface area (TPSA) is 84.9 Å². The van der Waals surface area contributed by atoms with Gasteiger partial charge in [0, 0.05) is 10.6 Å². The van der Waals surface area contributed by atoms with Crippen LogP contribution in [0.25, 0.3) is 0 Å². The first-order chi connectivity index (χ1) is 12.9. The van der Waals surface area contributed by atoms with Crippen molar-refractivity contribution in [3.8, 4) is 5.75 Å². The molecule has 1 N–H and O–H groups in total. The normalized spacial score (nSPS) is 24.9. The van der Waals surface area contributed by atoms with Gasteiger partial charge in [-0.1, -0.05) is 31.4 Å². The van der Waals surface area contributed by atoms with E-state index in [0.717, 1.165) is 24.2 Å². The van der Waals surface area contributed by atoms with Crippen LogP contribution in [0.2, 0.25) is 5.02 Å². The smallest absolute Gasteiger partial charge is 0.326 e. The molecular weight excluding hydrogens is 372 g/mol. The number of hydrogen-bond donors (Lipinski definition) is 1. The molecule has 1 saturated carbocycles. The SMILES string of the molecule is COc1ccc(Cl)cc1COC(=O)CN1C(=O)N[C@@]2(CCCC[C@H]2C)C1=O.